The van der Waals surface area contributed by atoms with Crippen LogP contribution in [-0.4, -0.2) is 30.9 Å². The van der Waals surface area contributed by atoms with Gasteiger partial charge in [-0.1, -0.05) is 19.1 Å². The molecule has 0 saturated heterocycles. The molecule has 0 aromatic heterocycles. The van der Waals surface area contributed by atoms with E-state index in [2.05, 4.69) is 45.1 Å². The van der Waals surface area contributed by atoms with Crippen molar-refractivity contribution in [2.75, 3.05) is 19.8 Å². The van der Waals surface area contributed by atoms with Crippen LogP contribution < -0.4 is 10.1 Å². The number of ether oxygens (including phenoxy) is 1. The molecule has 1 unspecified atom stereocenters. The second kappa shape index (κ2) is 8.18. The summed E-state index contributed by atoms with van der Waals surface area (Å²) in [6.45, 7) is 10.1. The van der Waals surface area contributed by atoms with Crippen LogP contribution in [0.15, 0.2) is 12.1 Å². The lowest BCUT2D eigenvalue weighted by molar-refractivity contribution is 0.208. The molecular formula is C16H27NO2. The monoisotopic (exact) mass is 265 g/mol. The zero-order valence-electron chi connectivity index (χ0n) is 12.6. The van der Waals surface area contributed by atoms with Crippen molar-refractivity contribution in [2.45, 2.75) is 46.6 Å². The maximum atomic E-state index is 9.29. The van der Waals surface area contributed by atoms with Gasteiger partial charge < -0.3 is 15.2 Å². The second-order valence-corrected chi connectivity index (χ2v) is 5.12. The Morgan fingerprint density at radius 3 is 2.53 bits per heavy atom. The number of aliphatic hydroxyl groups excluding tert-OH is 1. The molecule has 0 radical (unpaired) electrons. The summed E-state index contributed by atoms with van der Waals surface area (Å²) in [4.78, 5) is 0. The van der Waals surface area contributed by atoms with E-state index in [4.69, 9.17) is 4.74 Å². The highest BCUT2D eigenvalue weighted by Crippen LogP contribution is 2.25. The number of nitrogens with one attached hydrogen (secondary N) is 1. The Kier molecular flexibility index (Phi) is 6.89. The quantitative estimate of drug-likeness (QED) is 0.759. The number of aryl methyl sites for hydroxylation is 2. The van der Waals surface area contributed by atoms with E-state index >= 15 is 0 Å². The summed E-state index contributed by atoms with van der Waals surface area (Å²) >= 11 is 0. The lowest BCUT2D eigenvalue weighted by Crippen LogP contribution is -2.34. The lowest BCUT2D eigenvalue weighted by atomic mass is 10.1. The molecule has 0 spiro atoms. The Morgan fingerprint density at radius 2 is 1.89 bits per heavy atom. The van der Waals surface area contributed by atoms with Crippen LogP contribution >= 0.6 is 0 Å². The molecule has 0 aliphatic rings. The zero-order valence-corrected chi connectivity index (χ0v) is 12.6. The minimum atomic E-state index is 0.130. The van der Waals surface area contributed by atoms with Crippen LogP contribution in [0.4, 0.5) is 0 Å². The Bertz CT molecular complexity index is 391. The molecule has 108 valence electrons. The Hall–Kier alpha value is -1.06. The minimum Gasteiger partial charge on any atom is -0.493 e. The maximum Gasteiger partial charge on any atom is 0.125 e. The maximum absolute atomic E-state index is 9.29. The zero-order chi connectivity index (χ0) is 14.3. The molecule has 19 heavy (non-hydrogen) atoms. The van der Waals surface area contributed by atoms with Gasteiger partial charge in [0.15, 0.2) is 0 Å². The van der Waals surface area contributed by atoms with Crippen LogP contribution in [0, 0.1) is 20.8 Å². The number of hydrogen-bond acceptors (Lipinski definition) is 3. The summed E-state index contributed by atoms with van der Waals surface area (Å²) in [7, 11) is 0. The normalized spacial score (nSPS) is 12.5. The fraction of sp³-hybridized carbons (Fsp3) is 0.625. The predicted octanol–water partition coefficient (Wildman–Crippen LogP) is 2.74. The minimum absolute atomic E-state index is 0.130. The molecule has 0 fully saturated rings. The molecule has 3 nitrogen and oxygen atoms in total. The van der Waals surface area contributed by atoms with Gasteiger partial charge in [0.2, 0.25) is 0 Å². The predicted molar refractivity (Wildman–Crippen MR) is 79.9 cm³/mol. The molecular weight excluding hydrogens is 238 g/mol. The number of benzene rings is 1. The summed E-state index contributed by atoms with van der Waals surface area (Å²) in [5.74, 6) is 0.993. The van der Waals surface area contributed by atoms with Crippen molar-refractivity contribution >= 4 is 0 Å². The first-order valence-corrected chi connectivity index (χ1v) is 7.14. The van der Waals surface area contributed by atoms with Gasteiger partial charge in [-0.05, 0) is 56.8 Å². The first-order valence-electron chi connectivity index (χ1n) is 7.14. The highest BCUT2D eigenvalue weighted by atomic mass is 16.5. The van der Waals surface area contributed by atoms with Crippen LogP contribution in [0.1, 0.15) is 36.5 Å². The van der Waals surface area contributed by atoms with E-state index in [1.165, 1.54) is 16.7 Å². The van der Waals surface area contributed by atoms with E-state index in [0.717, 1.165) is 25.1 Å². The summed E-state index contributed by atoms with van der Waals surface area (Å²) in [5, 5.41) is 12.6. The largest absolute Gasteiger partial charge is 0.493 e. The van der Waals surface area contributed by atoms with Gasteiger partial charge in [0, 0.05) is 6.04 Å². The van der Waals surface area contributed by atoms with Gasteiger partial charge in [-0.25, -0.2) is 0 Å². The molecule has 0 aliphatic heterocycles. The topological polar surface area (TPSA) is 41.5 Å². The van der Waals surface area contributed by atoms with Crippen LogP contribution in [0.2, 0.25) is 0 Å². The van der Waals surface area contributed by atoms with Gasteiger partial charge in [-0.15, -0.1) is 0 Å². The summed E-state index contributed by atoms with van der Waals surface area (Å²) < 4.78 is 5.91. The Balaban J connectivity index is 2.50. The molecule has 0 aliphatic carbocycles. The average molecular weight is 265 g/mol. The van der Waals surface area contributed by atoms with Crippen LogP contribution in [0.25, 0.3) is 0 Å². The summed E-state index contributed by atoms with van der Waals surface area (Å²) in [6, 6.07) is 4.35. The Morgan fingerprint density at radius 1 is 1.21 bits per heavy atom. The number of aliphatic hydroxyl groups is 1. The third kappa shape index (κ3) is 4.84. The van der Waals surface area contributed by atoms with Crippen LogP contribution in [0.3, 0.4) is 0 Å². The molecule has 1 aromatic carbocycles. The van der Waals surface area contributed by atoms with Crippen molar-refractivity contribution in [3.63, 3.8) is 0 Å². The van der Waals surface area contributed by atoms with Crippen molar-refractivity contribution in [2.24, 2.45) is 0 Å². The second-order valence-electron chi connectivity index (χ2n) is 5.12. The van der Waals surface area contributed by atoms with Gasteiger partial charge in [0.1, 0.15) is 5.75 Å². The fourth-order valence-corrected chi connectivity index (χ4v) is 2.06. The number of hydrogen-bond donors (Lipinski definition) is 2. The molecule has 0 heterocycles. The van der Waals surface area contributed by atoms with Crippen molar-refractivity contribution in [3.05, 3.63) is 28.8 Å². The summed E-state index contributed by atoms with van der Waals surface area (Å²) in [6.07, 6.45) is 1.90. The van der Waals surface area contributed by atoms with Crippen molar-refractivity contribution in [1.29, 1.82) is 0 Å². The third-order valence-electron chi connectivity index (χ3n) is 3.49. The van der Waals surface area contributed by atoms with E-state index in [0.29, 0.717) is 6.61 Å². The van der Waals surface area contributed by atoms with Crippen LogP contribution in [-0.2, 0) is 0 Å². The van der Waals surface area contributed by atoms with Crippen molar-refractivity contribution < 1.29 is 9.84 Å². The lowest BCUT2D eigenvalue weighted by Gasteiger charge is -2.18. The summed E-state index contributed by atoms with van der Waals surface area (Å²) in [5.41, 5.74) is 3.63. The van der Waals surface area contributed by atoms with Gasteiger partial charge in [-0.3, -0.25) is 0 Å². The Labute approximate surface area is 117 Å². The molecule has 3 heteroatoms. The molecule has 1 aromatic rings. The fourth-order valence-electron chi connectivity index (χ4n) is 2.06. The molecule has 0 amide bonds. The number of rotatable bonds is 8. The molecule has 1 atom stereocenters. The van der Waals surface area contributed by atoms with Gasteiger partial charge in [0.05, 0.1) is 13.2 Å². The van der Waals surface area contributed by atoms with Crippen molar-refractivity contribution in [1.82, 2.24) is 5.32 Å². The highest BCUT2D eigenvalue weighted by molar-refractivity contribution is 5.44. The van der Waals surface area contributed by atoms with E-state index in [-0.39, 0.29) is 12.6 Å². The first kappa shape index (κ1) is 16.0. The smallest absolute Gasteiger partial charge is 0.125 e. The van der Waals surface area contributed by atoms with E-state index in [1.54, 1.807) is 0 Å². The van der Waals surface area contributed by atoms with Gasteiger partial charge in [-0.2, -0.15) is 0 Å². The average Bonchev–Trinajstić information content (AvgIpc) is 2.41. The van der Waals surface area contributed by atoms with Crippen LogP contribution in [0.5, 0.6) is 5.75 Å². The standard InChI is InChI=1S/C16H27NO2/c1-5-9-17-15(11-18)8-10-19-16-13(3)7-6-12(2)14(16)4/h6-7,15,17-18H,5,8-11H2,1-4H3. The van der Waals surface area contributed by atoms with Gasteiger partial charge >= 0.3 is 0 Å². The molecule has 0 bridgehead atoms. The van der Waals surface area contributed by atoms with Crippen molar-refractivity contribution in [3.8, 4) is 5.75 Å². The van der Waals surface area contributed by atoms with E-state index < -0.39 is 0 Å². The van der Waals surface area contributed by atoms with E-state index in [9.17, 15) is 5.11 Å². The molecule has 0 saturated carbocycles. The first-order chi connectivity index (χ1) is 9.10. The molecule has 2 N–H and O–H groups in total. The SMILES string of the molecule is CCCNC(CO)CCOc1c(C)ccc(C)c1C. The van der Waals surface area contributed by atoms with E-state index in [1.807, 2.05) is 0 Å². The van der Waals surface area contributed by atoms with Gasteiger partial charge in [0.25, 0.3) is 0 Å². The highest BCUT2D eigenvalue weighted by Gasteiger charge is 2.09. The third-order valence-corrected chi connectivity index (χ3v) is 3.49. The molecule has 1 rings (SSSR count).